The van der Waals surface area contributed by atoms with Crippen LogP contribution < -0.4 is 0 Å². The first-order valence-electron chi connectivity index (χ1n) is 6.62. The number of Topliss-reactive ketones (excluding diaryl/α,β-unsaturated/α-hetero) is 1. The average molecular weight is 267 g/mol. The second-order valence-corrected chi connectivity index (χ2v) is 6.08. The minimum Gasteiger partial charge on any atom is -0.377 e. The van der Waals surface area contributed by atoms with Gasteiger partial charge in [0.15, 0.2) is 5.78 Å². The van der Waals surface area contributed by atoms with Gasteiger partial charge in [0.1, 0.15) is 0 Å². The fourth-order valence-corrected chi connectivity index (χ4v) is 3.04. The van der Waals surface area contributed by atoms with Crippen LogP contribution in [0, 0.1) is 6.92 Å². The number of likely N-dealkylation sites (N-methyl/N-ethyl adjacent to an activating group) is 1. The van der Waals surface area contributed by atoms with Gasteiger partial charge in [0.05, 0.1) is 17.5 Å². The number of nitrogens with zero attached hydrogens (tertiary/aromatic N) is 1. The maximum Gasteiger partial charge on any atom is 0.186 e. The van der Waals surface area contributed by atoms with E-state index in [1.807, 2.05) is 19.1 Å². The van der Waals surface area contributed by atoms with Crippen LogP contribution in [0.1, 0.15) is 34.3 Å². The summed E-state index contributed by atoms with van der Waals surface area (Å²) in [7, 11) is 0. The first-order chi connectivity index (χ1) is 8.69. The summed E-state index contributed by atoms with van der Waals surface area (Å²) in [4.78, 5) is 16.4. The molecule has 1 fully saturated rings. The van der Waals surface area contributed by atoms with Crippen molar-refractivity contribution in [2.45, 2.75) is 32.8 Å². The molecular weight excluding hydrogens is 246 g/mol. The van der Waals surface area contributed by atoms with Gasteiger partial charge in [-0.25, -0.2) is 0 Å². The number of ketones is 1. The monoisotopic (exact) mass is 267 g/mol. The Morgan fingerprint density at radius 3 is 2.94 bits per heavy atom. The number of thiophene rings is 1. The van der Waals surface area contributed by atoms with E-state index in [1.54, 1.807) is 11.3 Å². The highest BCUT2D eigenvalue weighted by atomic mass is 32.1. The van der Waals surface area contributed by atoms with Crippen molar-refractivity contribution in [3.63, 3.8) is 0 Å². The van der Waals surface area contributed by atoms with Crippen molar-refractivity contribution >= 4 is 17.1 Å². The molecule has 0 saturated carbocycles. The fraction of sp³-hybridized carbons (Fsp3) is 0.643. The van der Waals surface area contributed by atoms with Gasteiger partial charge in [-0.2, -0.15) is 0 Å². The Morgan fingerprint density at radius 1 is 1.56 bits per heavy atom. The van der Waals surface area contributed by atoms with Crippen molar-refractivity contribution in [2.75, 3.05) is 26.2 Å². The summed E-state index contributed by atoms with van der Waals surface area (Å²) in [5.41, 5.74) is 0. The van der Waals surface area contributed by atoms with Gasteiger partial charge in [0, 0.05) is 18.0 Å². The van der Waals surface area contributed by atoms with Crippen molar-refractivity contribution in [2.24, 2.45) is 0 Å². The molecule has 18 heavy (non-hydrogen) atoms. The van der Waals surface area contributed by atoms with E-state index >= 15 is 0 Å². The zero-order chi connectivity index (χ0) is 13.0. The molecule has 0 spiro atoms. The number of hydrogen-bond acceptors (Lipinski definition) is 4. The molecule has 2 heterocycles. The molecule has 0 bridgehead atoms. The van der Waals surface area contributed by atoms with Gasteiger partial charge >= 0.3 is 0 Å². The van der Waals surface area contributed by atoms with Crippen LogP contribution >= 0.6 is 11.3 Å². The third-order valence-electron chi connectivity index (χ3n) is 3.32. The summed E-state index contributed by atoms with van der Waals surface area (Å²) >= 11 is 1.58. The smallest absolute Gasteiger partial charge is 0.186 e. The van der Waals surface area contributed by atoms with Crippen molar-refractivity contribution < 1.29 is 9.53 Å². The number of carbonyl (C=O) groups is 1. The number of hydrogen-bond donors (Lipinski definition) is 0. The van der Waals surface area contributed by atoms with E-state index in [-0.39, 0.29) is 5.78 Å². The lowest BCUT2D eigenvalue weighted by molar-refractivity contribution is 0.0688. The molecule has 1 aliphatic rings. The topological polar surface area (TPSA) is 29.5 Å². The molecule has 2 rings (SSSR count). The molecule has 100 valence electrons. The molecule has 0 amide bonds. The van der Waals surface area contributed by atoms with Gasteiger partial charge < -0.3 is 4.74 Å². The minimum atomic E-state index is 0.230. The normalized spacial score (nSPS) is 19.6. The predicted molar refractivity (Wildman–Crippen MR) is 74.5 cm³/mol. The first-order valence-corrected chi connectivity index (χ1v) is 7.44. The summed E-state index contributed by atoms with van der Waals surface area (Å²) in [6, 6.07) is 3.94. The van der Waals surface area contributed by atoms with Gasteiger partial charge in [-0.3, -0.25) is 9.69 Å². The molecule has 1 aromatic heterocycles. The van der Waals surface area contributed by atoms with E-state index in [9.17, 15) is 4.79 Å². The quantitative estimate of drug-likeness (QED) is 0.742. The molecule has 1 aliphatic heterocycles. The van der Waals surface area contributed by atoms with Crippen molar-refractivity contribution in [3.05, 3.63) is 21.9 Å². The number of aryl methyl sites for hydroxylation is 1. The van der Waals surface area contributed by atoms with Crippen LogP contribution in [-0.2, 0) is 4.74 Å². The number of rotatable bonds is 6. The predicted octanol–water partition coefficient (Wildman–Crippen LogP) is 2.74. The number of ether oxygens (including phenoxy) is 1. The van der Waals surface area contributed by atoms with Crippen LogP contribution in [0.4, 0.5) is 0 Å². The van der Waals surface area contributed by atoms with Gasteiger partial charge in [-0.1, -0.05) is 6.92 Å². The van der Waals surface area contributed by atoms with Crippen LogP contribution in [0.5, 0.6) is 0 Å². The standard InChI is InChI=1S/C14H21NO2S/c1-3-15(9-12-5-4-8-17-12)10-13(16)14-7-6-11(2)18-14/h6-7,12H,3-5,8-10H2,1-2H3. The summed E-state index contributed by atoms with van der Waals surface area (Å²) in [6.45, 7) is 7.30. The third kappa shape index (κ3) is 3.64. The van der Waals surface area contributed by atoms with Gasteiger partial charge in [0.25, 0.3) is 0 Å². The van der Waals surface area contributed by atoms with E-state index < -0.39 is 0 Å². The molecule has 0 aliphatic carbocycles. The van der Waals surface area contributed by atoms with Crippen LogP contribution in [0.3, 0.4) is 0 Å². The molecule has 1 aromatic rings. The third-order valence-corrected chi connectivity index (χ3v) is 4.36. The Bertz CT molecular complexity index is 396. The van der Waals surface area contributed by atoms with Crippen molar-refractivity contribution in [3.8, 4) is 0 Å². The molecule has 1 saturated heterocycles. The maximum absolute atomic E-state index is 12.1. The van der Waals surface area contributed by atoms with Gasteiger partial charge in [-0.05, 0) is 38.4 Å². The number of carbonyl (C=O) groups excluding carboxylic acids is 1. The highest BCUT2D eigenvalue weighted by Gasteiger charge is 2.20. The molecule has 4 heteroatoms. The summed E-state index contributed by atoms with van der Waals surface area (Å²) < 4.78 is 5.63. The summed E-state index contributed by atoms with van der Waals surface area (Å²) in [5.74, 6) is 0.230. The molecule has 3 nitrogen and oxygen atoms in total. The van der Waals surface area contributed by atoms with E-state index in [0.29, 0.717) is 12.6 Å². The molecule has 0 N–H and O–H groups in total. The lowest BCUT2D eigenvalue weighted by atomic mass is 10.2. The first kappa shape index (κ1) is 13.7. The van der Waals surface area contributed by atoms with E-state index in [4.69, 9.17) is 4.74 Å². The second kappa shape index (κ2) is 6.45. The Hall–Kier alpha value is -0.710. The van der Waals surface area contributed by atoms with Crippen molar-refractivity contribution in [1.82, 2.24) is 4.90 Å². The Morgan fingerprint density at radius 2 is 2.39 bits per heavy atom. The highest BCUT2D eigenvalue weighted by Crippen LogP contribution is 2.17. The molecular formula is C14H21NO2S. The molecule has 0 radical (unpaired) electrons. The lowest BCUT2D eigenvalue weighted by Gasteiger charge is -2.22. The van der Waals surface area contributed by atoms with E-state index in [0.717, 1.165) is 37.4 Å². The molecule has 0 aromatic carbocycles. The van der Waals surface area contributed by atoms with E-state index in [2.05, 4.69) is 11.8 Å². The van der Waals surface area contributed by atoms with Gasteiger partial charge in [-0.15, -0.1) is 11.3 Å². The Labute approximate surface area is 113 Å². The van der Waals surface area contributed by atoms with E-state index in [1.165, 1.54) is 4.88 Å². The SMILES string of the molecule is CCN(CC(=O)c1ccc(C)s1)CC1CCCO1. The average Bonchev–Trinajstić information content (AvgIpc) is 2.99. The second-order valence-electron chi connectivity index (χ2n) is 4.80. The van der Waals surface area contributed by atoms with Crippen LogP contribution in [0.2, 0.25) is 0 Å². The molecule has 1 atom stereocenters. The Kier molecular flexibility index (Phi) is 4.92. The highest BCUT2D eigenvalue weighted by molar-refractivity contribution is 7.14. The maximum atomic E-state index is 12.1. The summed E-state index contributed by atoms with van der Waals surface area (Å²) in [5, 5.41) is 0. The van der Waals surface area contributed by atoms with Crippen molar-refractivity contribution in [1.29, 1.82) is 0 Å². The zero-order valence-electron chi connectivity index (χ0n) is 11.1. The Balaban J connectivity index is 1.87. The largest absolute Gasteiger partial charge is 0.377 e. The van der Waals surface area contributed by atoms with Crippen LogP contribution in [-0.4, -0.2) is 43.0 Å². The minimum absolute atomic E-state index is 0.230. The molecule has 1 unspecified atom stereocenters. The zero-order valence-corrected chi connectivity index (χ0v) is 12.0. The fourth-order valence-electron chi connectivity index (χ4n) is 2.25. The van der Waals surface area contributed by atoms with Crippen LogP contribution in [0.25, 0.3) is 0 Å². The summed E-state index contributed by atoms with van der Waals surface area (Å²) in [6.07, 6.45) is 2.60. The van der Waals surface area contributed by atoms with Gasteiger partial charge in [0.2, 0.25) is 0 Å². The lowest BCUT2D eigenvalue weighted by Crippen LogP contribution is -2.35. The van der Waals surface area contributed by atoms with Crippen LogP contribution in [0.15, 0.2) is 12.1 Å².